The highest BCUT2D eigenvalue weighted by Crippen LogP contribution is 2.40. The zero-order valence-corrected chi connectivity index (χ0v) is 14.3. The van der Waals surface area contributed by atoms with Gasteiger partial charge in [-0.3, -0.25) is 4.79 Å². The average Bonchev–Trinajstić information content (AvgIpc) is 2.64. The fraction of sp³-hybridized carbons (Fsp3) is 0.211. The van der Waals surface area contributed by atoms with Crippen molar-refractivity contribution >= 4 is 17.7 Å². The van der Waals surface area contributed by atoms with Crippen LogP contribution in [0.5, 0.6) is 17.2 Å². The first-order valence-corrected chi connectivity index (χ1v) is 7.42. The molecule has 0 saturated heterocycles. The van der Waals surface area contributed by atoms with Crippen molar-refractivity contribution in [1.82, 2.24) is 0 Å². The van der Waals surface area contributed by atoms with E-state index >= 15 is 0 Å². The van der Waals surface area contributed by atoms with E-state index in [9.17, 15) is 4.79 Å². The minimum Gasteiger partial charge on any atom is -0.493 e. The monoisotopic (exact) mass is 327 g/mol. The molecule has 2 rings (SSSR count). The molecule has 5 heteroatoms. The molecule has 2 aromatic carbocycles. The Kier molecular flexibility index (Phi) is 5.84. The first kappa shape index (κ1) is 17.4. The summed E-state index contributed by atoms with van der Waals surface area (Å²) in [4.78, 5) is 13.9. The van der Waals surface area contributed by atoms with Crippen molar-refractivity contribution in [2.75, 3.05) is 33.3 Å². The van der Waals surface area contributed by atoms with Gasteiger partial charge in [-0.05, 0) is 30.3 Å². The molecule has 0 aliphatic heterocycles. The van der Waals surface area contributed by atoms with E-state index in [1.807, 2.05) is 36.4 Å². The number of nitrogens with zero attached hydrogens (tertiary/aromatic N) is 1. The SMILES string of the molecule is COc1ccc(/C=C/C(=O)N(C)c2ccccc2)c(OC)c1OC. The number of carbonyl (C=O) groups is 1. The molecule has 0 radical (unpaired) electrons. The van der Waals surface area contributed by atoms with Crippen molar-refractivity contribution in [2.24, 2.45) is 0 Å². The first-order chi connectivity index (χ1) is 11.6. The molecule has 0 unspecified atom stereocenters. The van der Waals surface area contributed by atoms with Gasteiger partial charge in [0.25, 0.3) is 5.91 Å². The maximum atomic E-state index is 12.3. The predicted octanol–water partition coefficient (Wildman–Crippen LogP) is 3.39. The Morgan fingerprint density at radius 2 is 1.58 bits per heavy atom. The molecule has 24 heavy (non-hydrogen) atoms. The van der Waals surface area contributed by atoms with Gasteiger partial charge in [-0.1, -0.05) is 18.2 Å². The van der Waals surface area contributed by atoms with Gasteiger partial charge in [0.15, 0.2) is 11.5 Å². The Morgan fingerprint density at radius 1 is 0.917 bits per heavy atom. The average molecular weight is 327 g/mol. The molecule has 0 fully saturated rings. The number of para-hydroxylation sites is 1. The normalized spacial score (nSPS) is 10.5. The quantitative estimate of drug-likeness (QED) is 0.763. The van der Waals surface area contributed by atoms with Crippen LogP contribution >= 0.6 is 0 Å². The van der Waals surface area contributed by atoms with Gasteiger partial charge in [0.1, 0.15) is 0 Å². The molecular formula is C19H21NO4. The Bertz CT molecular complexity index is 726. The number of benzene rings is 2. The number of ether oxygens (including phenoxy) is 3. The van der Waals surface area contributed by atoms with Crippen LogP contribution in [-0.4, -0.2) is 34.3 Å². The standard InChI is InChI=1S/C19H21NO4/c1-20(15-8-6-5-7-9-15)17(21)13-11-14-10-12-16(22-2)19(24-4)18(14)23-3/h5-13H,1-4H3/b13-11+. The van der Waals surface area contributed by atoms with Gasteiger partial charge in [0.2, 0.25) is 5.75 Å². The van der Waals surface area contributed by atoms with Crippen molar-refractivity contribution in [3.8, 4) is 17.2 Å². The fourth-order valence-electron chi connectivity index (χ4n) is 2.31. The molecule has 5 nitrogen and oxygen atoms in total. The van der Waals surface area contributed by atoms with Crippen LogP contribution in [0.4, 0.5) is 5.69 Å². The molecule has 0 spiro atoms. The van der Waals surface area contributed by atoms with Crippen LogP contribution in [0, 0.1) is 0 Å². The molecule has 0 atom stereocenters. The number of hydrogen-bond acceptors (Lipinski definition) is 4. The highest BCUT2D eigenvalue weighted by molar-refractivity contribution is 6.03. The summed E-state index contributed by atoms with van der Waals surface area (Å²) in [6.45, 7) is 0. The second-order valence-corrected chi connectivity index (χ2v) is 4.99. The molecule has 2 aromatic rings. The molecule has 0 N–H and O–H groups in total. The van der Waals surface area contributed by atoms with Crippen LogP contribution in [-0.2, 0) is 4.79 Å². The van der Waals surface area contributed by atoms with Crippen LogP contribution in [0.3, 0.4) is 0 Å². The fourth-order valence-corrected chi connectivity index (χ4v) is 2.31. The summed E-state index contributed by atoms with van der Waals surface area (Å²) >= 11 is 0. The minimum atomic E-state index is -0.141. The summed E-state index contributed by atoms with van der Waals surface area (Å²) in [5.74, 6) is 1.44. The van der Waals surface area contributed by atoms with E-state index < -0.39 is 0 Å². The Morgan fingerprint density at radius 3 is 2.17 bits per heavy atom. The summed E-state index contributed by atoms with van der Waals surface area (Å²) in [5, 5.41) is 0. The third-order valence-corrected chi connectivity index (χ3v) is 3.61. The number of methoxy groups -OCH3 is 3. The van der Waals surface area contributed by atoms with Gasteiger partial charge in [0.05, 0.1) is 21.3 Å². The van der Waals surface area contributed by atoms with Crippen LogP contribution in [0.1, 0.15) is 5.56 Å². The van der Waals surface area contributed by atoms with E-state index in [1.54, 1.807) is 45.4 Å². The third-order valence-electron chi connectivity index (χ3n) is 3.61. The third kappa shape index (κ3) is 3.68. The van der Waals surface area contributed by atoms with E-state index in [4.69, 9.17) is 14.2 Å². The Hall–Kier alpha value is -2.95. The summed E-state index contributed by atoms with van der Waals surface area (Å²) in [6.07, 6.45) is 3.19. The highest BCUT2D eigenvalue weighted by atomic mass is 16.5. The summed E-state index contributed by atoms with van der Waals surface area (Å²) in [6, 6.07) is 13.0. The lowest BCUT2D eigenvalue weighted by Crippen LogP contribution is -2.23. The molecule has 0 saturated carbocycles. The second kappa shape index (κ2) is 8.06. The van der Waals surface area contributed by atoms with Gasteiger partial charge in [-0.25, -0.2) is 0 Å². The van der Waals surface area contributed by atoms with Crippen LogP contribution in [0.25, 0.3) is 6.08 Å². The lowest BCUT2D eigenvalue weighted by molar-refractivity contribution is -0.113. The summed E-state index contributed by atoms with van der Waals surface area (Å²) in [5.41, 5.74) is 1.55. The number of likely N-dealkylation sites (N-methyl/N-ethyl adjacent to an activating group) is 1. The number of anilines is 1. The number of amides is 1. The van der Waals surface area contributed by atoms with E-state index in [0.717, 1.165) is 11.3 Å². The van der Waals surface area contributed by atoms with Gasteiger partial charge in [-0.15, -0.1) is 0 Å². The van der Waals surface area contributed by atoms with Crippen LogP contribution < -0.4 is 19.1 Å². The Balaban J connectivity index is 2.27. The van der Waals surface area contributed by atoms with Crippen molar-refractivity contribution < 1.29 is 19.0 Å². The smallest absolute Gasteiger partial charge is 0.250 e. The van der Waals surface area contributed by atoms with E-state index in [0.29, 0.717) is 17.2 Å². The summed E-state index contributed by atoms with van der Waals surface area (Å²) in [7, 11) is 6.38. The second-order valence-electron chi connectivity index (χ2n) is 4.99. The minimum absolute atomic E-state index is 0.141. The largest absolute Gasteiger partial charge is 0.493 e. The number of carbonyl (C=O) groups excluding carboxylic acids is 1. The maximum Gasteiger partial charge on any atom is 0.250 e. The van der Waals surface area contributed by atoms with E-state index in [-0.39, 0.29) is 5.91 Å². The lowest BCUT2D eigenvalue weighted by Gasteiger charge is -2.16. The first-order valence-electron chi connectivity index (χ1n) is 7.42. The van der Waals surface area contributed by atoms with Crippen molar-refractivity contribution in [3.63, 3.8) is 0 Å². The molecule has 0 aliphatic rings. The maximum absolute atomic E-state index is 12.3. The summed E-state index contributed by atoms with van der Waals surface area (Å²) < 4.78 is 16.0. The predicted molar refractivity (Wildman–Crippen MR) is 95.0 cm³/mol. The Labute approximate surface area is 142 Å². The molecule has 0 aromatic heterocycles. The van der Waals surface area contributed by atoms with Crippen molar-refractivity contribution in [2.45, 2.75) is 0 Å². The van der Waals surface area contributed by atoms with Crippen LogP contribution in [0.15, 0.2) is 48.5 Å². The zero-order chi connectivity index (χ0) is 17.5. The van der Waals surface area contributed by atoms with Gasteiger partial charge in [-0.2, -0.15) is 0 Å². The molecule has 1 amide bonds. The van der Waals surface area contributed by atoms with Gasteiger partial charge in [0, 0.05) is 24.4 Å². The van der Waals surface area contributed by atoms with Crippen molar-refractivity contribution in [1.29, 1.82) is 0 Å². The van der Waals surface area contributed by atoms with Gasteiger partial charge >= 0.3 is 0 Å². The highest BCUT2D eigenvalue weighted by Gasteiger charge is 2.15. The molecule has 0 heterocycles. The molecule has 0 aliphatic carbocycles. The number of rotatable bonds is 6. The topological polar surface area (TPSA) is 48.0 Å². The lowest BCUT2D eigenvalue weighted by atomic mass is 10.1. The zero-order valence-electron chi connectivity index (χ0n) is 14.3. The molecular weight excluding hydrogens is 306 g/mol. The van der Waals surface area contributed by atoms with E-state index in [1.165, 1.54) is 6.08 Å². The molecule has 126 valence electrons. The van der Waals surface area contributed by atoms with Gasteiger partial charge < -0.3 is 19.1 Å². The van der Waals surface area contributed by atoms with Crippen LogP contribution in [0.2, 0.25) is 0 Å². The number of hydrogen-bond donors (Lipinski definition) is 0. The van der Waals surface area contributed by atoms with E-state index in [2.05, 4.69) is 0 Å². The molecule has 0 bridgehead atoms. The van der Waals surface area contributed by atoms with Crippen molar-refractivity contribution in [3.05, 3.63) is 54.1 Å².